The van der Waals surface area contributed by atoms with E-state index in [9.17, 15) is 33.6 Å². The maximum atomic E-state index is 13.2. The molecule has 6 rings (SSSR count). The Morgan fingerprint density at radius 3 is 1.67 bits per heavy atom. The van der Waals surface area contributed by atoms with Crippen LogP contribution in [0.5, 0.6) is 11.5 Å². The molecule has 0 saturated carbocycles. The fraction of sp³-hybridized carbons (Fsp3) is 0.295. The van der Waals surface area contributed by atoms with Gasteiger partial charge in [0.1, 0.15) is 44.6 Å². The molecule has 0 aromatic heterocycles. The van der Waals surface area contributed by atoms with Crippen LogP contribution in [-0.2, 0) is 59.6 Å². The SMILES string of the molecule is CC(=O)C1(Cc2cccc(OCc3ccccc3)c2)C(=O)NC(=O)N(COCCO)C1=O.O=C1CC(=O)N(Cc2cccc(OCc3ccccc3)c2)C(=O)N1COCCO. The number of aliphatic hydroxyl groups is 2. The van der Waals surface area contributed by atoms with E-state index >= 15 is 0 Å². The third kappa shape index (κ3) is 11.9. The monoisotopic (exact) mass is 838 g/mol. The summed E-state index contributed by atoms with van der Waals surface area (Å²) in [4.78, 5) is 90.0. The summed E-state index contributed by atoms with van der Waals surface area (Å²) in [5.41, 5.74) is 1.09. The number of hydrogen-bond acceptors (Lipinski definition) is 13. The minimum absolute atomic E-state index is 0.00813. The highest BCUT2D eigenvalue weighted by molar-refractivity contribution is 6.30. The van der Waals surface area contributed by atoms with Crippen molar-refractivity contribution in [2.24, 2.45) is 5.41 Å². The fourth-order valence-corrected chi connectivity index (χ4v) is 6.25. The van der Waals surface area contributed by atoms with Crippen LogP contribution in [-0.4, -0.2) is 106 Å². The molecule has 0 radical (unpaired) electrons. The second-order valence-electron chi connectivity index (χ2n) is 13.8. The zero-order chi connectivity index (χ0) is 43.8. The predicted molar refractivity (Wildman–Crippen MR) is 215 cm³/mol. The van der Waals surface area contributed by atoms with E-state index in [1.807, 2.05) is 60.7 Å². The molecule has 4 aromatic carbocycles. The van der Waals surface area contributed by atoms with Gasteiger partial charge in [0, 0.05) is 6.42 Å². The lowest BCUT2D eigenvalue weighted by molar-refractivity contribution is -0.159. The van der Waals surface area contributed by atoms with Crippen LogP contribution < -0.4 is 14.8 Å². The Bertz CT molecular complexity index is 2190. The Labute approximate surface area is 351 Å². The lowest BCUT2D eigenvalue weighted by atomic mass is 9.75. The van der Waals surface area contributed by atoms with Gasteiger partial charge in [-0.3, -0.25) is 34.2 Å². The third-order valence-corrected chi connectivity index (χ3v) is 9.45. The number of barbiturate groups is 2. The standard InChI is InChI=1S/C23H24N2O7.C21H22N2O6/c1-16(27)23(20(28)24-22(30)25(21(23)29)15-31-11-10-26)13-18-8-5-9-19(12-18)32-14-17-6-3-2-4-7-17;24-9-10-28-15-23-20(26)12-19(25)22(21(23)27)13-17-7-4-8-18(11-17)29-14-16-5-2-1-3-6-16/h2-9,12,26H,10-11,13-15H2,1H3,(H,24,28,30);1-8,11,24H,9-10,12-15H2. The molecule has 8 amide bonds. The zero-order valence-electron chi connectivity index (χ0n) is 33.4. The first-order chi connectivity index (χ1) is 29.5. The number of nitrogens with one attached hydrogen (secondary N) is 1. The molecule has 4 aromatic rings. The van der Waals surface area contributed by atoms with Gasteiger partial charge in [0.25, 0.3) is 11.8 Å². The summed E-state index contributed by atoms with van der Waals surface area (Å²) in [5.74, 6) is -2.70. The van der Waals surface area contributed by atoms with Gasteiger partial charge < -0.3 is 29.2 Å². The molecule has 2 fully saturated rings. The number of nitrogens with zero attached hydrogens (tertiary/aromatic N) is 3. The molecule has 2 saturated heterocycles. The summed E-state index contributed by atoms with van der Waals surface area (Å²) in [7, 11) is 0. The van der Waals surface area contributed by atoms with Gasteiger partial charge in [-0.1, -0.05) is 84.9 Å². The van der Waals surface area contributed by atoms with Gasteiger partial charge >= 0.3 is 12.1 Å². The first-order valence-electron chi connectivity index (χ1n) is 19.2. The van der Waals surface area contributed by atoms with Crippen LogP contribution >= 0.6 is 0 Å². The number of carbonyl (C=O) groups excluding carboxylic acids is 7. The van der Waals surface area contributed by atoms with E-state index in [-0.39, 0.29) is 46.1 Å². The molecule has 1 unspecified atom stereocenters. The highest BCUT2D eigenvalue weighted by Gasteiger charge is 2.57. The number of benzene rings is 4. The fourth-order valence-electron chi connectivity index (χ4n) is 6.25. The molecule has 320 valence electrons. The van der Waals surface area contributed by atoms with Gasteiger partial charge in [0.15, 0.2) is 11.2 Å². The van der Waals surface area contributed by atoms with Crippen molar-refractivity contribution in [2.45, 2.75) is 39.5 Å². The number of amides is 8. The Morgan fingerprint density at radius 2 is 1.13 bits per heavy atom. The number of ketones is 1. The van der Waals surface area contributed by atoms with E-state index in [1.54, 1.807) is 48.5 Å². The van der Waals surface area contributed by atoms with E-state index in [0.29, 0.717) is 40.7 Å². The molecule has 2 heterocycles. The molecule has 2 aliphatic rings. The summed E-state index contributed by atoms with van der Waals surface area (Å²) in [6.45, 7) is 0.424. The highest BCUT2D eigenvalue weighted by Crippen LogP contribution is 2.32. The van der Waals surface area contributed by atoms with Gasteiger partial charge in [-0.15, -0.1) is 0 Å². The average Bonchev–Trinajstić information content (AvgIpc) is 3.26. The van der Waals surface area contributed by atoms with E-state index < -0.39 is 60.0 Å². The van der Waals surface area contributed by atoms with Crippen molar-refractivity contribution in [3.05, 3.63) is 131 Å². The second kappa shape index (κ2) is 22.0. The summed E-state index contributed by atoms with van der Waals surface area (Å²) >= 11 is 0. The first kappa shape index (κ1) is 45.3. The van der Waals surface area contributed by atoms with E-state index in [4.69, 9.17) is 29.2 Å². The zero-order valence-corrected chi connectivity index (χ0v) is 33.4. The summed E-state index contributed by atoms with van der Waals surface area (Å²) in [6.07, 6.45) is -0.655. The molecule has 61 heavy (non-hydrogen) atoms. The number of ether oxygens (including phenoxy) is 4. The van der Waals surface area contributed by atoms with Crippen LogP contribution in [0.2, 0.25) is 0 Å². The minimum atomic E-state index is -2.12. The Morgan fingerprint density at radius 1 is 0.639 bits per heavy atom. The molecule has 0 bridgehead atoms. The molecule has 0 aliphatic carbocycles. The van der Waals surface area contributed by atoms with E-state index in [1.165, 1.54) is 0 Å². The van der Waals surface area contributed by atoms with E-state index in [0.717, 1.165) is 27.9 Å². The first-order valence-corrected chi connectivity index (χ1v) is 19.2. The van der Waals surface area contributed by atoms with Crippen LogP contribution in [0.3, 0.4) is 0 Å². The summed E-state index contributed by atoms with van der Waals surface area (Å²) in [5, 5.41) is 19.7. The predicted octanol–water partition coefficient (Wildman–Crippen LogP) is 3.34. The van der Waals surface area contributed by atoms with Gasteiger partial charge in [0.2, 0.25) is 11.8 Å². The molecular weight excluding hydrogens is 792 g/mol. The van der Waals surface area contributed by atoms with Gasteiger partial charge in [-0.05, 0) is 53.4 Å². The number of Topliss-reactive ketones (excluding diaryl/α,β-unsaturated/α-hetero) is 1. The number of hydrogen-bond donors (Lipinski definition) is 3. The number of urea groups is 2. The van der Waals surface area contributed by atoms with Crippen molar-refractivity contribution in [1.82, 2.24) is 20.0 Å². The lowest BCUT2D eigenvalue weighted by Gasteiger charge is -2.37. The van der Waals surface area contributed by atoms with Crippen molar-refractivity contribution in [3.8, 4) is 11.5 Å². The molecule has 17 nitrogen and oxygen atoms in total. The normalized spacial score (nSPS) is 16.5. The van der Waals surface area contributed by atoms with Crippen LogP contribution in [0.15, 0.2) is 109 Å². The van der Waals surface area contributed by atoms with E-state index in [2.05, 4.69) is 5.32 Å². The largest absolute Gasteiger partial charge is 0.489 e. The van der Waals surface area contributed by atoms with Crippen molar-refractivity contribution < 1.29 is 62.7 Å². The van der Waals surface area contributed by atoms with Crippen LogP contribution in [0.25, 0.3) is 0 Å². The Kier molecular flexibility index (Phi) is 16.3. The third-order valence-electron chi connectivity index (χ3n) is 9.45. The van der Waals surface area contributed by atoms with Crippen molar-refractivity contribution in [3.63, 3.8) is 0 Å². The Balaban J connectivity index is 0.000000232. The quantitative estimate of drug-likeness (QED) is 0.0913. The topological polar surface area (TPSA) is 219 Å². The van der Waals surface area contributed by atoms with Crippen LogP contribution in [0, 0.1) is 5.41 Å². The molecule has 17 heteroatoms. The number of carbonyl (C=O) groups is 7. The molecular formula is C44H46N4O13. The summed E-state index contributed by atoms with van der Waals surface area (Å²) in [6, 6.07) is 31.4. The average molecular weight is 839 g/mol. The van der Waals surface area contributed by atoms with Crippen LogP contribution in [0.1, 0.15) is 35.6 Å². The molecule has 2 aliphatic heterocycles. The smallest absolute Gasteiger partial charge is 0.335 e. The van der Waals surface area contributed by atoms with Crippen molar-refractivity contribution in [1.29, 1.82) is 0 Å². The highest BCUT2D eigenvalue weighted by atomic mass is 16.5. The molecule has 3 N–H and O–H groups in total. The maximum Gasteiger partial charge on any atom is 0.335 e. The lowest BCUT2D eigenvalue weighted by Crippen LogP contribution is -2.67. The maximum absolute atomic E-state index is 13.2. The second-order valence-corrected chi connectivity index (χ2v) is 13.8. The van der Waals surface area contributed by atoms with Gasteiger partial charge in [-0.25, -0.2) is 19.4 Å². The van der Waals surface area contributed by atoms with Crippen LogP contribution in [0.4, 0.5) is 9.59 Å². The van der Waals surface area contributed by atoms with Crippen molar-refractivity contribution >= 4 is 41.5 Å². The number of aliphatic hydroxyl groups excluding tert-OH is 2. The number of rotatable bonds is 19. The Hall–Kier alpha value is -6.79. The number of imide groups is 4. The summed E-state index contributed by atoms with van der Waals surface area (Å²) < 4.78 is 21.7. The van der Waals surface area contributed by atoms with Gasteiger partial charge in [-0.2, -0.15) is 0 Å². The van der Waals surface area contributed by atoms with Crippen molar-refractivity contribution in [2.75, 3.05) is 39.9 Å². The molecule has 1 atom stereocenters. The van der Waals surface area contributed by atoms with Gasteiger partial charge in [0.05, 0.1) is 33.0 Å². The minimum Gasteiger partial charge on any atom is -0.489 e. The molecule has 0 spiro atoms.